The van der Waals surface area contributed by atoms with Gasteiger partial charge in [-0.05, 0) is 61.4 Å². The van der Waals surface area contributed by atoms with Crippen molar-refractivity contribution in [3.8, 4) is 0 Å². The van der Waals surface area contributed by atoms with Gasteiger partial charge >= 0.3 is 5.97 Å². The Kier molecular flexibility index (Phi) is 6.70. The number of ether oxygens (including phenoxy) is 1. The third-order valence-electron chi connectivity index (χ3n) is 3.33. The van der Waals surface area contributed by atoms with E-state index < -0.39 is 5.97 Å². The van der Waals surface area contributed by atoms with E-state index in [0.29, 0.717) is 10.7 Å². The molecular formula is C18H18ClNO3S. The van der Waals surface area contributed by atoms with Gasteiger partial charge in [0, 0.05) is 15.6 Å². The summed E-state index contributed by atoms with van der Waals surface area (Å²) in [5, 5.41) is 3.22. The Morgan fingerprint density at radius 2 is 1.79 bits per heavy atom. The van der Waals surface area contributed by atoms with E-state index in [2.05, 4.69) is 5.32 Å². The van der Waals surface area contributed by atoms with Crippen molar-refractivity contribution in [2.24, 2.45) is 0 Å². The lowest BCUT2D eigenvalue weighted by molar-refractivity contribution is -0.144. The van der Waals surface area contributed by atoms with Crippen molar-refractivity contribution >= 4 is 40.9 Å². The van der Waals surface area contributed by atoms with Crippen molar-refractivity contribution in [1.82, 2.24) is 0 Å². The van der Waals surface area contributed by atoms with Crippen LogP contribution in [0.4, 0.5) is 5.69 Å². The quantitative estimate of drug-likeness (QED) is 0.616. The molecule has 126 valence electrons. The van der Waals surface area contributed by atoms with E-state index in [9.17, 15) is 9.59 Å². The Labute approximate surface area is 150 Å². The first-order chi connectivity index (χ1) is 11.4. The summed E-state index contributed by atoms with van der Waals surface area (Å²) in [5.41, 5.74) is 2.99. The maximum Gasteiger partial charge on any atom is 0.316 e. The average Bonchev–Trinajstić information content (AvgIpc) is 2.56. The predicted octanol–water partition coefficient (Wildman–Crippen LogP) is 4.23. The van der Waals surface area contributed by atoms with E-state index in [0.717, 1.165) is 4.90 Å². The summed E-state index contributed by atoms with van der Waals surface area (Å²) in [6.45, 7) is 3.76. The van der Waals surface area contributed by atoms with Gasteiger partial charge in [-0.2, -0.15) is 0 Å². The fraction of sp³-hybridized carbons (Fsp3) is 0.222. The van der Waals surface area contributed by atoms with Crippen LogP contribution in [-0.2, 0) is 14.3 Å². The van der Waals surface area contributed by atoms with Gasteiger partial charge in [0.2, 0.25) is 0 Å². The number of thioether (sulfide) groups is 1. The number of esters is 1. The van der Waals surface area contributed by atoms with Crippen molar-refractivity contribution < 1.29 is 14.3 Å². The number of carbonyl (C=O) groups excluding carboxylic acids is 2. The second-order valence-electron chi connectivity index (χ2n) is 5.25. The maximum atomic E-state index is 11.7. The molecule has 0 unspecified atom stereocenters. The molecule has 6 heteroatoms. The Hall–Kier alpha value is -1.98. The molecule has 1 amide bonds. The minimum Gasteiger partial charge on any atom is -0.455 e. The van der Waals surface area contributed by atoms with Gasteiger partial charge in [-0.25, -0.2) is 0 Å². The lowest BCUT2D eigenvalue weighted by Crippen LogP contribution is -2.21. The second kappa shape index (κ2) is 8.76. The number of carbonyl (C=O) groups is 2. The number of benzene rings is 2. The van der Waals surface area contributed by atoms with Gasteiger partial charge in [0.25, 0.3) is 5.91 Å². The fourth-order valence-corrected chi connectivity index (χ4v) is 2.78. The first-order valence-corrected chi connectivity index (χ1v) is 8.71. The molecule has 0 radical (unpaired) electrons. The molecule has 2 aromatic rings. The van der Waals surface area contributed by atoms with Gasteiger partial charge in [-0.1, -0.05) is 17.7 Å². The standard InChI is InChI=1S/C18H18ClNO3S/c1-12-3-8-16(9-13(12)2)24-11-18(22)23-10-17(21)20-15-6-4-14(19)5-7-15/h3-9H,10-11H2,1-2H3,(H,20,21). The molecule has 1 N–H and O–H groups in total. The summed E-state index contributed by atoms with van der Waals surface area (Å²) in [7, 11) is 0. The third kappa shape index (κ3) is 5.91. The highest BCUT2D eigenvalue weighted by molar-refractivity contribution is 8.00. The van der Waals surface area contributed by atoms with Crippen molar-refractivity contribution in [1.29, 1.82) is 0 Å². The summed E-state index contributed by atoms with van der Waals surface area (Å²) in [6, 6.07) is 12.7. The lowest BCUT2D eigenvalue weighted by Gasteiger charge is -2.07. The van der Waals surface area contributed by atoms with Crippen LogP contribution in [0.15, 0.2) is 47.4 Å². The van der Waals surface area contributed by atoms with Gasteiger partial charge in [0.15, 0.2) is 6.61 Å². The van der Waals surface area contributed by atoms with Crippen molar-refractivity contribution in [2.45, 2.75) is 18.7 Å². The molecule has 0 aliphatic rings. The van der Waals surface area contributed by atoms with E-state index in [1.165, 1.54) is 22.9 Å². The monoisotopic (exact) mass is 363 g/mol. The highest BCUT2D eigenvalue weighted by Gasteiger charge is 2.09. The van der Waals surface area contributed by atoms with Crippen LogP contribution in [0.3, 0.4) is 0 Å². The van der Waals surface area contributed by atoms with Gasteiger partial charge in [0.05, 0.1) is 5.75 Å². The van der Waals surface area contributed by atoms with Crippen molar-refractivity contribution in [3.05, 3.63) is 58.6 Å². The van der Waals surface area contributed by atoms with Crippen LogP contribution in [0.5, 0.6) is 0 Å². The summed E-state index contributed by atoms with van der Waals surface area (Å²) >= 11 is 7.16. The number of nitrogens with one attached hydrogen (secondary N) is 1. The number of amides is 1. The Morgan fingerprint density at radius 1 is 1.08 bits per heavy atom. The minimum atomic E-state index is -0.426. The van der Waals surface area contributed by atoms with Crippen LogP contribution in [0.25, 0.3) is 0 Å². The van der Waals surface area contributed by atoms with Crippen molar-refractivity contribution in [2.75, 3.05) is 17.7 Å². The highest BCUT2D eigenvalue weighted by atomic mass is 35.5. The summed E-state index contributed by atoms with van der Waals surface area (Å²) < 4.78 is 4.98. The van der Waals surface area contributed by atoms with Crippen molar-refractivity contribution in [3.63, 3.8) is 0 Å². The molecular weight excluding hydrogens is 346 g/mol. The SMILES string of the molecule is Cc1ccc(SCC(=O)OCC(=O)Nc2ccc(Cl)cc2)cc1C. The molecule has 24 heavy (non-hydrogen) atoms. The molecule has 2 aromatic carbocycles. The van der Waals surface area contributed by atoms with Gasteiger partial charge in [0.1, 0.15) is 0 Å². The fourth-order valence-electron chi connectivity index (χ4n) is 1.86. The van der Waals surface area contributed by atoms with Gasteiger partial charge in [-0.3, -0.25) is 9.59 Å². The molecule has 0 aliphatic heterocycles. The number of hydrogen-bond acceptors (Lipinski definition) is 4. The smallest absolute Gasteiger partial charge is 0.316 e. The number of aryl methyl sites for hydroxylation is 2. The molecule has 0 bridgehead atoms. The molecule has 0 heterocycles. The Bertz CT molecular complexity index is 732. The van der Waals surface area contributed by atoms with E-state index in [1.54, 1.807) is 24.3 Å². The predicted molar refractivity (Wildman–Crippen MR) is 97.7 cm³/mol. The number of hydrogen-bond donors (Lipinski definition) is 1. The zero-order valence-electron chi connectivity index (χ0n) is 13.5. The third-order valence-corrected chi connectivity index (χ3v) is 4.55. The average molecular weight is 364 g/mol. The molecule has 0 aliphatic carbocycles. The summed E-state index contributed by atoms with van der Waals surface area (Å²) in [5.74, 6) is -0.650. The molecule has 0 aromatic heterocycles. The lowest BCUT2D eigenvalue weighted by atomic mass is 10.1. The Balaban J connectivity index is 1.73. The van der Waals surface area contributed by atoms with Crippen LogP contribution < -0.4 is 5.32 Å². The van der Waals surface area contributed by atoms with E-state index >= 15 is 0 Å². The van der Waals surface area contributed by atoms with Gasteiger partial charge < -0.3 is 10.1 Å². The van der Waals surface area contributed by atoms with E-state index in [1.807, 2.05) is 32.0 Å². The number of halogens is 1. The second-order valence-corrected chi connectivity index (χ2v) is 6.74. The summed E-state index contributed by atoms with van der Waals surface area (Å²) in [4.78, 5) is 24.5. The van der Waals surface area contributed by atoms with Crippen LogP contribution in [0.1, 0.15) is 11.1 Å². The number of anilines is 1. The zero-order valence-corrected chi connectivity index (χ0v) is 15.0. The molecule has 0 fully saturated rings. The number of rotatable bonds is 6. The molecule has 0 atom stereocenters. The first kappa shape index (κ1) is 18.4. The normalized spacial score (nSPS) is 10.3. The van der Waals surface area contributed by atoms with Crippen LogP contribution in [-0.4, -0.2) is 24.2 Å². The van der Waals surface area contributed by atoms with Crippen LogP contribution in [0, 0.1) is 13.8 Å². The minimum absolute atomic E-state index is 0.163. The first-order valence-electron chi connectivity index (χ1n) is 7.35. The molecule has 0 saturated carbocycles. The molecule has 4 nitrogen and oxygen atoms in total. The molecule has 2 rings (SSSR count). The topological polar surface area (TPSA) is 55.4 Å². The molecule has 0 spiro atoms. The maximum absolute atomic E-state index is 11.7. The highest BCUT2D eigenvalue weighted by Crippen LogP contribution is 2.21. The zero-order chi connectivity index (χ0) is 17.5. The van der Waals surface area contributed by atoms with Gasteiger partial charge in [-0.15, -0.1) is 11.8 Å². The van der Waals surface area contributed by atoms with Crippen LogP contribution >= 0.6 is 23.4 Å². The summed E-state index contributed by atoms with van der Waals surface area (Å²) in [6.07, 6.45) is 0. The van der Waals surface area contributed by atoms with Crippen LogP contribution in [0.2, 0.25) is 5.02 Å². The largest absolute Gasteiger partial charge is 0.455 e. The van der Waals surface area contributed by atoms with E-state index in [-0.39, 0.29) is 18.3 Å². The van der Waals surface area contributed by atoms with E-state index in [4.69, 9.17) is 16.3 Å². The molecule has 0 saturated heterocycles. The Morgan fingerprint density at radius 3 is 2.46 bits per heavy atom.